The van der Waals surface area contributed by atoms with E-state index in [1.54, 1.807) is 13.2 Å². The van der Waals surface area contributed by atoms with Crippen LogP contribution in [-0.2, 0) is 6.54 Å². The molecule has 0 aliphatic heterocycles. The van der Waals surface area contributed by atoms with E-state index in [9.17, 15) is 0 Å². The van der Waals surface area contributed by atoms with Gasteiger partial charge in [-0.15, -0.1) is 24.0 Å². The van der Waals surface area contributed by atoms with Gasteiger partial charge in [-0.05, 0) is 38.5 Å². The van der Waals surface area contributed by atoms with Crippen molar-refractivity contribution in [3.8, 4) is 11.5 Å². The molecule has 0 radical (unpaired) electrons. The highest BCUT2D eigenvalue weighted by molar-refractivity contribution is 14.0. The maximum absolute atomic E-state index is 8.78. The Bertz CT molecular complexity index is 487. The van der Waals surface area contributed by atoms with Crippen molar-refractivity contribution in [3.05, 3.63) is 23.8 Å². The van der Waals surface area contributed by atoms with E-state index in [0.29, 0.717) is 24.0 Å². The molecule has 7 heteroatoms. The van der Waals surface area contributed by atoms with Gasteiger partial charge in [0.2, 0.25) is 0 Å². The van der Waals surface area contributed by atoms with Crippen LogP contribution in [0.4, 0.5) is 0 Å². The van der Waals surface area contributed by atoms with Gasteiger partial charge in [0.25, 0.3) is 0 Å². The predicted molar refractivity (Wildman–Crippen MR) is 99.2 cm³/mol. The van der Waals surface area contributed by atoms with Crippen molar-refractivity contribution in [2.24, 2.45) is 10.7 Å². The van der Waals surface area contributed by atoms with Crippen LogP contribution in [0.25, 0.3) is 0 Å². The van der Waals surface area contributed by atoms with E-state index in [4.69, 9.17) is 20.3 Å². The predicted octanol–water partition coefficient (Wildman–Crippen LogP) is 1.89. The van der Waals surface area contributed by atoms with E-state index in [-0.39, 0.29) is 42.7 Å². The smallest absolute Gasteiger partial charge is 0.189 e. The van der Waals surface area contributed by atoms with E-state index in [1.807, 2.05) is 32.9 Å². The molecule has 0 atom stereocenters. The highest BCUT2D eigenvalue weighted by atomic mass is 127. The largest absolute Gasteiger partial charge is 0.493 e. The standard InChI is InChI=1S/C15H25N3O3.HI/c1-15(2,3)18-14(16)17-10-11-5-6-12(21-8-7-19)13(9-11)20-4;/h5-6,9,19H,7-8,10H2,1-4H3,(H3,16,17,18);1H. The molecule has 0 aliphatic carbocycles. The van der Waals surface area contributed by atoms with Crippen molar-refractivity contribution in [2.75, 3.05) is 20.3 Å². The second-order valence-corrected chi connectivity index (χ2v) is 5.63. The molecule has 0 heterocycles. The summed E-state index contributed by atoms with van der Waals surface area (Å²) in [6, 6.07) is 5.54. The number of guanidine groups is 1. The molecule has 0 saturated carbocycles. The Kier molecular flexibility index (Phi) is 9.19. The lowest BCUT2D eigenvalue weighted by Crippen LogP contribution is -2.44. The number of rotatable bonds is 6. The summed E-state index contributed by atoms with van der Waals surface area (Å²) in [6.07, 6.45) is 0. The van der Waals surface area contributed by atoms with Crippen LogP contribution in [0.15, 0.2) is 23.2 Å². The van der Waals surface area contributed by atoms with Gasteiger partial charge >= 0.3 is 0 Å². The van der Waals surface area contributed by atoms with Gasteiger partial charge in [-0.2, -0.15) is 0 Å². The fourth-order valence-corrected chi connectivity index (χ4v) is 1.69. The summed E-state index contributed by atoms with van der Waals surface area (Å²) in [5, 5.41) is 11.9. The number of aliphatic imine (C=N–C) groups is 1. The molecule has 0 unspecified atom stereocenters. The summed E-state index contributed by atoms with van der Waals surface area (Å²) in [5.74, 6) is 1.61. The van der Waals surface area contributed by atoms with Crippen molar-refractivity contribution in [1.29, 1.82) is 0 Å². The Labute approximate surface area is 149 Å². The maximum atomic E-state index is 8.78. The number of ether oxygens (including phenoxy) is 2. The van der Waals surface area contributed by atoms with Gasteiger partial charge in [0.05, 0.1) is 20.3 Å². The highest BCUT2D eigenvalue weighted by Gasteiger charge is 2.10. The molecule has 4 N–H and O–H groups in total. The van der Waals surface area contributed by atoms with Crippen molar-refractivity contribution in [1.82, 2.24) is 5.32 Å². The van der Waals surface area contributed by atoms with Crippen LogP contribution < -0.4 is 20.5 Å². The number of nitrogens with zero attached hydrogens (tertiary/aromatic N) is 1. The first-order valence-electron chi connectivity index (χ1n) is 6.84. The third-order valence-electron chi connectivity index (χ3n) is 2.51. The van der Waals surface area contributed by atoms with E-state index in [1.165, 1.54) is 0 Å². The maximum Gasteiger partial charge on any atom is 0.189 e. The van der Waals surface area contributed by atoms with Crippen LogP contribution in [-0.4, -0.2) is 36.9 Å². The minimum atomic E-state index is -0.118. The minimum Gasteiger partial charge on any atom is -0.493 e. The third-order valence-corrected chi connectivity index (χ3v) is 2.51. The number of aliphatic hydroxyl groups excluding tert-OH is 1. The lowest BCUT2D eigenvalue weighted by molar-refractivity contribution is 0.196. The first kappa shape index (κ1) is 20.8. The van der Waals surface area contributed by atoms with Crippen LogP contribution in [0, 0.1) is 0 Å². The molecule has 1 aromatic rings. The molecule has 0 fully saturated rings. The second kappa shape index (κ2) is 9.73. The summed E-state index contributed by atoms with van der Waals surface area (Å²) in [6.45, 7) is 6.70. The molecule has 0 amide bonds. The van der Waals surface area contributed by atoms with Crippen molar-refractivity contribution < 1.29 is 14.6 Å². The third kappa shape index (κ3) is 7.69. The summed E-state index contributed by atoms with van der Waals surface area (Å²) >= 11 is 0. The lowest BCUT2D eigenvalue weighted by Gasteiger charge is -2.21. The summed E-state index contributed by atoms with van der Waals surface area (Å²) < 4.78 is 10.6. The van der Waals surface area contributed by atoms with Gasteiger partial charge in [-0.25, -0.2) is 4.99 Å². The summed E-state index contributed by atoms with van der Waals surface area (Å²) in [4.78, 5) is 4.29. The zero-order valence-electron chi connectivity index (χ0n) is 13.5. The number of nitrogens with two attached hydrogens (primary N) is 1. The van der Waals surface area contributed by atoms with Crippen LogP contribution in [0.5, 0.6) is 11.5 Å². The minimum absolute atomic E-state index is 0. The monoisotopic (exact) mass is 423 g/mol. The summed E-state index contributed by atoms with van der Waals surface area (Å²) in [5.41, 5.74) is 6.67. The van der Waals surface area contributed by atoms with E-state index < -0.39 is 0 Å². The summed E-state index contributed by atoms with van der Waals surface area (Å²) in [7, 11) is 1.57. The number of hydrogen-bond acceptors (Lipinski definition) is 4. The molecular formula is C15H26IN3O3. The quantitative estimate of drug-likeness (QED) is 0.370. The SMILES string of the molecule is COc1cc(CN=C(N)NC(C)(C)C)ccc1OCCO.I. The number of benzene rings is 1. The van der Waals surface area contributed by atoms with Crippen LogP contribution in [0.2, 0.25) is 0 Å². The van der Waals surface area contributed by atoms with Crippen molar-refractivity contribution in [2.45, 2.75) is 32.9 Å². The zero-order chi connectivity index (χ0) is 15.9. The number of aliphatic hydroxyl groups is 1. The van der Waals surface area contributed by atoms with Gasteiger partial charge in [-0.3, -0.25) is 0 Å². The number of hydrogen-bond donors (Lipinski definition) is 3. The van der Waals surface area contributed by atoms with Gasteiger partial charge < -0.3 is 25.6 Å². The first-order valence-corrected chi connectivity index (χ1v) is 6.84. The normalized spacial score (nSPS) is 11.6. The molecule has 0 spiro atoms. The average molecular weight is 423 g/mol. The molecule has 0 bridgehead atoms. The molecule has 6 nitrogen and oxygen atoms in total. The van der Waals surface area contributed by atoms with Gasteiger partial charge in [0, 0.05) is 5.54 Å². The topological polar surface area (TPSA) is 89.1 Å². The molecule has 126 valence electrons. The van der Waals surface area contributed by atoms with Gasteiger partial charge in [0.15, 0.2) is 17.5 Å². The molecular weight excluding hydrogens is 397 g/mol. The second-order valence-electron chi connectivity index (χ2n) is 5.63. The highest BCUT2D eigenvalue weighted by Crippen LogP contribution is 2.28. The van der Waals surface area contributed by atoms with Crippen LogP contribution in [0.3, 0.4) is 0 Å². The van der Waals surface area contributed by atoms with E-state index >= 15 is 0 Å². The molecule has 1 aromatic carbocycles. The zero-order valence-corrected chi connectivity index (χ0v) is 15.9. The number of nitrogens with one attached hydrogen (secondary N) is 1. The number of halogens is 1. The lowest BCUT2D eigenvalue weighted by atomic mass is 10.1. The Hall–Kier alpha value is -1.22. The van der Waals surface area contributed by atoms with Gasteiger partial charge in [0.1, 0.15) is 6.61 Å². The van der Waals surface area contributed by atoms with Crippen molar-refractivity contribution in [3.63, 3.8) is 0 Å². The van der Waals surface area contributed by atoms with Crippen molar-refractivity contribution >= 4 is 29.9 Å². The Morgan fingerprint density at radius 2 is 2.00 bits per heavy atom. The number of methoxy groups -OCH3 is 1. The van der Waals surface area contributed by atoms with E-state index in [2.05, 4.69) is 10.3 Å². The molecule has 1 rings (SSSR count). The fraction of sp³-hybridized carbons (Fsp3) is 0.533. The van der Waals surface area contributed by atoms with E-state index in [0.717, 1.165) is 5.56 Å². The fourth-order valence-electron chi connectivity index (χ4n) is 1.69. The Morgan fingerprint density at radius 1 is 1.32 bits per heavy atom. The average Bonchev–Trinajstić information content (AvgIpc) is 2.41. The van der Waals surface area contributed by atoms with Crippen LogP contribution >= 0.6 is 24.0 Å². The Balaban J connectivity index is 0.00000441. The molecule has 22 heavy (non-hydrogen) atoms. The Morgan fingerprint density at radius 3 is 2.55 bits per heavy atom. The first-order chi connectivity index (χ1) is 9.85. The van der Waals surface area contributed by atoms with Crippen LogP contribution in [0.1, 0.15) is 26.3 Å². The van der Waals surface area contributed by atoms with Gasteiger partial charge in [-0.1, -0.05) is 6.07 Å². The molecule has 0 saturated heterocycles. The molecule has 0 aromatic heterocycles. The molecule has 0 aliphatic rings.